The molecule has 2 aliphatic heterocycles. The Hall–Kier alpha value is -2.81. The van der Waals surface area contributed by atoms with E-state index in [0.717, 1.165) is 38.8 Å². The fourth-order valence-electron chi connectivity index (χ4n) is 4.19. The van der Waals surface area contributed by atoms with Crippen LogP contribution in [-0.4, -0.2) is 52.5 Å². The summed E-state index contributed by atoms with van der Waals surface area (Å²) in [5, 5.41) is 17.3. The van der Waals surface area contributed by atoms with Crippen LogP contribution in [0.15, 0.2) is 24.3 Å². The molecule has 9 heteroatoms. The molecule has 1 atom stereocenters. The van der Waals surface area contributed by atoms with Crippen LogP contribution in [-0.2, 0) is 11.3 Å². The zero-order valence-corrected chi connectivity index (χ0v) is 16.9. The van der Waals surface area contributed by atoms with E-state index in [4.69, 9.17) is 0 Å². The van der Waals surface area contributed by atoms with Crippen molar-refractivity contribution >= 4 is 11.8 Å². The van der Waals surface area contributed by atoms with Crippen molar-refractivity contribution in [3.8, 4) is 0 Å². The molecule has 0 aliphatic carbocycles. The summed E-state index contributed by atoms with van der Waals surface area (Å²) in [5.74, 6) is -0.782. The van der Waals surface area contributed by atoms with Crippen LogP contribution < -0.4 is 16.0 Å². The maximum absolute atomic E-state index is 14.2. The van der Waals surface area contributed by atoms with Gasteiger partial charge in [-0.2, -0.15) is 0 Å². The SMILES string of the molecule is O=C(NC1CCCCNC1=O)c1nnn(Cc2ccccc2F)c1C1CCNCC1. The van der Waals surface area contributed by atoms with Crippen LogP contribution in [0.4, 0.5) is 4.39 Å². The Balaban J connectivity index is 1.61. The smallest absolute Gasteiger partial charge is 0.274 e. The number of nitrogens with one attached hydrogen (secondary N) is 3. The Morgan fingerprint density at radius 1 is 1.17 bits per heavy atom. The fourth-order valence-corrected chi connectivity index (χ4v) is 4.19. The number of aromatic nitrogens is 3. The van der Waals surface area contributed by atoms with Gasteiger partial charge >= 0.3 is 0 Å². The maximum Gasteiger partial charge on any atom is 0.274 e. The summed E-state index contributed by atoms with van der Waals surface area (Å²) >= 11 is 0. The molecule has 1 unspecified atom stereocenters. The van der Waals surface area contributed by atoms with Crippen LogP contribution in [0.2, 0.25) is 0 Å². The van der Waals surface area contributed by atoms with Gasteiger partial charge in [-0.05, 0) is 51.3 Å². The van der Waals surface area contributed by atoms with Crippen molar-refractivity contribution < 1.29 is 14.0 Å². The number of rotatable bonds is 5. The van der Waals surface area contributed by atoms with Crippen LogP contribution in [0.5, 0.6) is 0 Å². The van der Waals surface area contributed by atoms with Crippen molar-refractivity contribution in [3.63, 3.8) is 0 Å². The normalized spacial score (nSPS) is 20.4. The van der Waals surface area contributed by atoms with Crippen molar-refractivity contribution in [1.29, 1.82) is 0 Å². The van der Waals surface area contributed by atoms with Gasteiger partial charge < -0.3 is 16.0 Å². The summed E-state index contributed by atoms with van der Waals surface area (Å²) in [6.45, 7) is 2.50. The molecule has 2 aromatic rings. The molecule has 4 rings (SSSR count). The second kappa shape index (κ2) is 9.34. The topological polar surface area (TPSA) is 101 Å². The minimum Gasteiger partial charge on any atom is -0.354 e. The highest BCUT2D eigenvalue weighted by Gasteiger charge is 2.30. The minimum atomic E-state index is -0.572. The average Bonchev–Trinajstić information content (AvgIpc) is 3.07. The van der Waals surface area contributed by atoms with Crippen LogP contribution >= 0.6 is 0 Å². The predicted octanol–water partition coefficient (Wildman–Crippen LogP) is 1.33. The number of benzene rings is 1. The molecule has 1 aromatic carbocycles. The molecule has 1 aromatic heterocycles. The molecule has 160 valence electrons. The van der Waals surface area contributed by atoms with Crippen molar-refractivity contribution in [1.82, 2.24) is 30.9 Å². The highest BCUT2D eigenvalue weighted by Crippen LogP contribution is 2.28. The number of carbonyl (C=O) groups excluding carboxylic acids is 2. The molecule has 2 aliphatic rings. The van der Waals surface area contributed by atoms with Crippen LogP contribution in [0, 0.1) is 5.82 Å². The Kier molecular flexibility index (Phi) is 6.37. The van der Waals surface area contributed by atoms with Crippen LogP contribution in [0.1, 0.15) is 59.8 Å². The fraction of sp³-hybridized carbons (Fsp3) is 0.524. The molecule has 3 N–H and O–H groups in total. The van der Waals surface area contributed by atoms with E-state index in [9.17, 15) is 14.0 Å². The number of amides is 2. The number of carbonyl (C=O) groups is 2. The minimum absolute atomic E-state index is 0.0942. The number of halogens is 1. The molecule has 0 saturated carbocycles. The van der Waals surface area contributed by atoms with Crippen LogP contribution in [0.25, 0.3) is 0 Å². The van der Waals surface area contributed by atoms with Gasteiger partial charge in [-0.1, -0.05) is 23.4 Å². The summed E-state index contributed by atoms with van der Waals surface area (Å²) < 4.78 is 15.8. The quantitative estimate of drug-likeness (QED) is 0.685. The van der Waals surface area contributed by atoms with Gasteiger partial charge in [0, 0.05) is 18.0 Å². The van der Waals surface area contributed by atoms with Gasteiger partial charge in [0.25, 0.3) is 5.91 Å². The second-order valence-corrected chi connectivity index (χ2v) is 7.91. The Morgan fingerprint density at radius 3 is 2.77 bits per heavy atom. The number of hydrogen-bond donors (Lipinski definition) is 3. The standard InChI is InChI=1S/C21H27FN6O2/c22-16-6-2-1-5-15(16)13-28-19(14-8-11-23-12-9-14)18(26-27-28)21(30)25-17-7-3-4-10-24-20(17)29/h1-2,5-6,14,17,23H,3-4,7-13H2,(H,24,29)(H,25,30). The Bertz CT molecular complexity index is 909. The van der Waals surface area contributed by atoms with Crippen molar-refractivity contribution in [2.24, 2.45) is 0 Å². The molecule has 2 fully saturated rings. The molecule has 0 radical (unpaired) electrons. The molecular weight excluding hydrogens is 387 g/mol. The lowest BCUT2D eigenvalue weighted by atomic mass is 9.92. The van der Waals surface area contributed by atoms with Gasteiger partial charge in [-0.15, -0.1) is 5.10 Å². The van der Waals surface area contributed by atoms with E-state index in [1.54, 1.807) is 22.9 Å². The highest BCUT2D eigenvalue weighted by atomic mass is 19.1. The molecule has 0 bridgehead atoms. The maximum atomic E-state index is 14.2. The lowest BCUT2D eigenvalue weighted by Gasteiger charge is -2.24. The van der Waals surface area contributed by atoms with Crippen LogP contribution in [0.3, 0.4) is 0 Å². The first kappa shape index (κ1) is 20.5. The highest BCUT2D eigenvalue weighted by molar-refractivity contribution is 5.97. The molecule has 3 heterocycles. The van der Waals surface area contributed by atoms with Gasteiger partial charge in [-0.25, -0.2) is 9.07 Å². The third-order valence-electron chi connectivity index (χ3n) is 5.83. The lowest BCUT2D eigenvalue weighted by molar-refractivity contribution is -0.122. The lowest BCUT2D eigenvalue weighted by Crippen LogP contribution is -2.46. The largest absolute Gasteiger partial charge is 0.354 e. The third kappa shape index (κ3) is 4.51. The summed E-state index contributed by atoms with van der Waals surface area (Å²) in [5.41, 5.74) is 1.44. The van der Waals surface area contributed by atoms with Crippen molar-refractivity contribution in [2.45, 2.75) is 50.6 Å². The van der Waals surface area contributed by atoms with Gasteiger partial charge in [0.15, 0.2) is 5.69 Å². The van der Waals surface area contributed by atoms with Gasteiger partial charge in [-0.3, -0.25) is 9.59 Å². The predicted molar refractivity (Wildman–Crippen MR) is 108 cm³/mol. The summed E-state index contributed by atoms with van der Waals surface area (Å²) in [6, 6.07) is 5.97. The third-order valence-corrected chi connectivity index (χ3v) is 5.83. The monoisotopic (exact) mass is 414 g/mol. The first-order valence-electron chi connectivity index (χ1n) is 10.6. The number of piperidine rings is 1. The zero-order valence-electron chi connectivity index (χ0n) is 16.9. The molecule has 2 saturated heterocycles. The van der Waals surface area contributed by atoms with Crippen molar-refractivity contribution in [2.75, 3.05) is 19.6 Å². The van der Waals surface area contributed by atoms with E-state index in [2.05, 4.69) is 26.3 Å². The Labute approximate surface area is 174 Å². The summed E-state index contributed by atoms with van der Waals surface area (Å²) in [4.78, 5) is 25.3. The first-order valence-corrected chi connectivity index (χ1v) is 10.6. The van der Waals surface area contributed by atoms with E-state index in [1.807, 2.05) is 0 Å². The van der Waals surface area contributed by atoms with Gasteiger partial charge in [0.2, 0.25) is 5.91 Å². The van der Waals surface area contributed by atoms with E-state index in [0.29, 0.717) is 24.2 Å². The van der Waals surface area contributed by atoms with E-state index in [-0.39, 0.29) is 29.9 Å². The molecule has 2 amide bonds. The second-order valence-electron chi connectivity index (χ2n) is 7.91. The van der Waals surface area contributed by atoms with E-state index in [1.165, 1.54) is 6.07 Å². The average molecular weight is 414 g/mol. The number of nitrogens with zero attached hydrogens (tertiary/aromatic N) is 3. The summed E-state index contributed by atoms with van der Waals surface area (Å²) in [7, 11) is 0. The van der Waals surface area contributed by atoms with E-state index >= 15 is 0 Å². The van der Waals surface area contributed by atoms with Gasteiger partial charge in [0.1, 0.15) is 11.9 Å². The van der Waals surface area contributed by atoms with Gasteiger partial charge in [0.05, 0.1) is 12.2 Å². The molecular formula is C21H27FN6O2. The summed E-state index contributed by atoms with van der Waals surface area (Å²) in [6.07, 6.45) is 4.05. The molecule has 30 heavy (non-hydrogen) atoms. The number of hydrogen-bond acceptors (Lipinski definition) is 5. The van der Waals surface area contributed by atoms with Crippen molar-refractivity contribution in [3.05, 3.63) is 47.0 Å². The molecule has 8 nitrogen and oxygen atoms in total. The van der Waals surface area contributed by atoms with E-state index < -0.39 is 11.9 Å². The Morgan fingerprint density at radius 2 is 1.97 bits per heavy atom. The molecule has 0 spiro atoms. The zero-order chi connectivity index (χ0) is 20.9. The first-order chi connectivity index (χ1) is 14.6.